The van der Waals surface area contributed by atoms with Crippen molar-refractivity contribution in [1.82, 2.24) is 0 Å². The van der Waals surface area contributed by atoms with Gasteiger partial charge < -0.3 is 19.3 Å². The number of hydrogen-bond donors (Lipinski definition) is 1. The first-order chi connectivity index (χ1) is 10.1. The van der Waals surface area contributed by atoms with Gasteiger partial charge in [-0.2, -0.15) is 0 Å². The highest BCUT2D eigenvalue weighted by Gasteiger charge is 2.90. The maximum Gasteiger partial charge on any atom is 0.338 e. The van der Waals surface area contributed by atoms with Crippen molar-refractivity contribution in [2.45, 2.75) is 37.1 Å². The summed E-state index contributed by atoms with van der Waals surface area (Å²) in [5, 5.41) is 10.4. The van der Waals surface area contributed by atoms with Crippen molar-refractivity contribution >= 4 is 5.97 Å². The third kappa shape index (κ3) is 1.19. The summed E-state index contributed by atoms with van der Waals surface area (Å²) in [4.78, 5) is 12.4. The molecule has 0 bridgehead atoms. The van der Waals surface area contributed by atoms with Crippen LogP contribution in [-0.2, 0) is 14.2 Å². The Morgan fingerprint density at radius 1 is 1.38 bits per heavy atom. The lowest BCUT2D eigenvalue weighted by Gasteiger charge is -2.63. The molecule has 21 heavy (non-hydrogen) atoms. The molecule has 2 heterocycles. The first-order valence-corrected chi connectivity index (χ1v) is 7.27. The first kappa shape index (κ1) is 12.1. The van der Waals surface area contributed by atoms with Crippen LogP contribution in [0.2, 0.25) is 0 Å². The molecule has 5 nitrogen and oxygen atoms in total. The highest BCUT2D eigenvalue weighted by Crippen LogP contribution is 2.77. The van der Waals surface area contributed by atoms with Gasteiger partial charge in [0.25, 0.3) is 0 Å². The maximum atomic E-state index is 12.4. The smallest absolute Gasteiger partial charge is 0.338 e. The lowest BCUT2D eigenvalue weighted by molar-refractivity contribution is -0.326. The maximum absolute atomic E-state index is 12.4. The molecule has 4 aliphatic rings. The van der Waals surface area contributed by atoms with Gasteiger partial charge in [-0.15, -0.1) is 0 Å². The molecule has 6 atom stereocenters. The summed E-state index contributed by atoms with van der Waals surface area (Å²) >= 11 is 0. The van der Waals surface area contributed by atoms with Crippen LogP contribution in [0.5, 0.6) is 0 Å². The van der Waals surface area contributed by atoms with E-state index in [9.17, 15) is 9.90 Å². The van der Waals surface area contributed by atoms with Gasteiger partial charge >= 0.3 is 5.97 Å². The van der Waals surface area contributed by atoms with E-state index < -0.39 is 23.6 Å². The molecule has 2 saturated carbocycles. The van der Waals surface area contributed by atoms with Gasteiger partial charge in [-0.1, -0.05) is 18.2 Å². The van der Waals surface area contributed by atoms with Crippen LogP contribution in [0.25, 0.3) is 0 Å². The molecule has 2 aliphatic carbocycles. The van der Waals surface area contributed by atoms with Gasteiger partial charge in [0.15, 0.2) is 11.4 Å². The fourth-order valence-corrected chi connectivity index (χ4v) is 4.65. The summed E-state index contributed by atoms with van der Waals surface area (Å²) in [6, 6.07) is 8.87. The minimum absolute atomic E-state index is 0.0929. The number of ether oxygens (including phenoxy) is 3. The molecule has 5 heteroatoms. The summed E-state index contributed by atoms with van der Waals surface area (Å²) in [6.07, 6.45) is -0.185. The third-order valence-corrected chi connectivity index (χ3v) is 5.41. The van der Waals surface area contributed by atoms with Crippen molar-refractivity contribution in [1.29, 1.82) is 0 Å². The summed E-state index contributed by atoms with van der Waals surface area (Å²) in [5.41, 5.74) is -0.387. The van der Waals surface area contributed by atoms with Gasteiger partial charge in [0.05, 0.1) is 23.5 Å². The lowest BCUT2D eigenvalue weighted by Crippen LogP contribution is -2.74. The molecule has 0 aromatic heterocycles. The van der Waals surface area contributed by atoms with Crippen LogP contribution < -0.4 is 0 Å². The Bertz CT molecular complexity index is 623. The van der Waals surface area contributed by atoms with Crippen molar-refractivity contribution in [3.05, 3.63) is 41.8 Å². The zero-order valence-corrected chi connectivity index (χ0v) is 11.5. The number of esters is 1. The van der Waals surface area contributed by atoms with Gasteiger partial charge in [-0.25, -0.2) is 4.79 Å². The molecule has 2 saturated heterocycles. The van der Waals surface area contributed by atoms with E-state index in [-0.39, 0.29) is 17.9 Å². The molecule has 1 aromatic carbocycles. The molecular weight excluding hydrogens is 272 g/mol. The normalized spacial score (nSPS) is 49.2. The van der Waals surface area contributed by atoms with Crippen molar-refractivity contribution in [3.63, 3.8) is 0 Å². The average molecular weight is 287 g/mol. The summed E-state index contributed by atoms with van der Waals surface area (Å²) in [7, 11) is 0. The fourth-order valence-electron chi connectivity index (χ4n) is 4.65. The Morgan fingerprint density at radius 3 is 2.90 bits per heavy atom. The van der Waals surface area contributed by atoms with E-state index in [4.69, 9.17) is 14.2 Å². The second-order valence-electron chi connectivity index (χ2n) is 6.37. The molecule has 3 unspecified atom stereocenters. The molecule has 1 radical (unpaired) electrons. The van der Waals surface area contributed by atoms with E-state index in [0.29, 0.717) is 12.0 Å². The average Bonchev–Trinajstić information content (AvgIpc) is 2.65. The fraction of sp³-hybridized carbons (Fsp3) is 0.500. The van der Waals surface area contributed by atoms with E-state index in [1.807, 2.05) is 13.0 Å². The molecule has 0 spiro atoms. The van der Waals surface area contributed by atoms with E-state index in [2.05, 4.69) is 0 Å². The Labute approximate surface area is 121 Å². The summed E-state index contributed by atoms with van der Waals surface area (Å²) < 4.78 is 17.2. The number of carbonyl (C=O) groups is 1. The van der Waals surface area contributed by atoms with Gasteiger partial charge in [-0.3, -0.25) is 0 Å². The second kappa shape index (κ2) is 3.48. The second-order valence-corrected chi connectivity index (χ2v) is 6.37. The van der Waals surface area contributed by atoms with E-state index in [1.54, 1.807) is 24.3 Å². The van der Waals surface area contributed by atoms with Crippen LogP contribution in [-0.4, -0.2) is 34.9 Å². The van der Waals surface area contributed by atoms with Crippen LogP contribution in [0.4, 0.5) is 0 Å². The Morgan fingerprint density at radius 2 is 2.14 bits per heavy atom. The highest BCUT2D eigenvalue weighted by atomic mass is 16.8. The molecule has 1 aromatic rings. The van der Waals surface area contributed by atoms with Crippen molar-refractivity contribution in [3.8, 4) is 0 Å². The van der Waals surface area contributed by atoms with Gasteiger partial charge in [0.2, 0.25) is 6.29 Å². The van der Waals surface area contributed by atoms with E-state index in [0.717, 1.165) is 5.92 Å². The molecule has 109 valence electrons. The lowest BCUT2D eigenvalue weighted by atomic mass is 9.42. The number of benzene rings is 1. The summed E-state index contributed by atoms with van der Waals surface area (Å²) in [5.74, 6) is -0.433. The quantitative estimate of drug-likeness (QED) is 0.830. The van der Waals surface area contributed by atoms with Crippen molar-refractivity contribution < 1.29 is 24.1 Å². The minimum Gasteiger partial charge on any atom is -0.449 e. The Hall–Kier alpha value is -1.43. The SMILES string of the molecule is CC1OC2OC3(O)C[C@@H]4[C]1[C@@]2(OC(=O)c1ccccc1)[C@@H]43. The van der Waals surface area contributed by atoms with Gasteiger partial charge in [0, 0.05) is 6.42 Å². The van der Waals surface area contributed by atoms with Crippen LogP contribution in [0, 0.1) is 17.8 Å². The standard InChI is InChI=1S/C16H15O5/c1-8-11-10-7-15(18)12(10)16(11,14(19-8)21-15)20-13(17)9-5-3-2-4-6-9/h2-6,8,10,12,14,18H,7H2,1H3/t8?,10-,12+,14?,15?,16-/m1/s1. The van der Waals surface area contributed by atoms with Gasteiger partial charge in [-0.05, 0) is 25.0 Å². The number of hydrogen-bond acceptors (Lipinski definition) is 5. The first-order valence-electron chi connectivity index (χ1n) is 7.27. The predicted octanol–water partition coefficient (Wildman–Crippen LogP) is 1.27. The van der Waals surface area contributed by atoms with Crippen molar-refractivity contribution in [2.75, 3.05) is 0 Å². The van der Waals surface area contributed by atoms with Crippen LogP contribution in [0.15, 0.2) is 30.3 Å². The number of carbonyl (C=O) groups excluding carboxylic acids is 1. The predicted molar refractivity (Wildman–Crippen MR) is 69.8 cm³/mol. The molecule has 0 amide bonds. The van der Waals surface area contributed by atoms with Crippen LogP contribution in [0.1, 0.15) is 23.7 Å². The zero-order chi connectivity index (χ0) is 14.4. The van der Waals surface area contributed by atoms with Crippen LogP contribution in [0.3, 0.4) is 0 Å². The van der Waals surface area contributed by atoms with E-state index in [1.165, 1.54) is 0 Å². The number of fused-ring (bicyclic) bond motifs is 1. The third-order valence-electron chi connectivity index (χ3n) is 5.41. The van der Waals surface area contributed by atoms with Crippen molar-refractivity contribution in [2.24, 2.45) is 11.8 Å². The minimum atomic E-state index is -1.18. The Balaban J connectivity index is 1.50. The van der Waals surface area contributed by atoms with E-state index >= 15 is 0 Å². The molecular formula is C16H15O5. The molecule has 2 aliphatic heterocycles. The Kier molecular flexibility index (Phi) is 2.01. The molecule has 1 N–H and O–H groups in total. The topological polar surface area (TPSA) is 65.0 Å². The largest absolute Gasteiger partial charge is 0.449 e. The monoisotopic (exact) mass is 287 g/mol. The van der Waals surface area contributed by atoms with Gasteiger partial charge in [0.1, 0.15) is 0 Å². The molecule has 5 rings (SSSR count). The number of aliphatic hydroxyl groups is 1. The van der Waals surface area contributed by atoms with Crippen LogP contribution >= 0.6 is 0 Å². The molecule has 4 fully saturated rings. The number of rotatable bonds is 2. The zero-order valence-electron chi connectivity index (χ0n) is 11.5. The highest BCUT2D eigenvalue weighted by molar-refractivity contribution is 5.90. The summed E-state index contributed by atoms with van der Waals surface area (Å²) in [6.45, 7) is 1.95.